The molecule has 0 aliphatic rings. The largest absolute Gasteiger partial charge is 0.481 e. The van der Waals surface area contributed by atoms with Crippen LogP contribution in [0.4, 0.5) is 0 Å². The Morgan fingerprint density at radius 3 is 2.59 bits per heavy atom. The molecule has 0 aliphatic carbocycles. The lowest BCUT2D eigenvalue weighted by molar-refractivity contribution is -0.136. The lowest BCUT2D eigenvalue weighted by atomic mass is 10.1. The Hall–Kier alpha value is -1.88. The van der Waals surface area contributed by atoms with Crippen LogP contribution >= 0.6 is 11.3 Å². The Balaban J connectivity index is 2.68. The summed E-state index contributed by atoms with van der Waals surface area (Å²) in [5.41, 5.74) is 1.36. The number of aromatic carboxylic acids is 1. The van der Waals surface area contributed by atoms with Gasteiger partial charge in [0.05, 0.1) is 6.42 Å². The highest BCUT2D eigenvalue weighted by Gasteiger charge is 2.16. The minimum absolute atomic E-state index is 0.0870. The number of carbonyl (C=O) groups is 2. The number of benzene rings is 1. The molecule has 0 atom stereocenters. The maximum Gasteiger partial charge on any atom is 0.346 e. The maximum atomic E-state index is 11.0. The standard InChI is InChI=1S/C12H10O4S/c1-6-8-4-2-3-7(5-9(13)14)11(8)17-10(6)12(15)16/h2-4H,5H2,1H3,(H,13,14)(H,15,16). The predicted octanol–water partition coefficient (Wildman–Crippen LogP) is 2.54. The molecule has 1 aromatic heterocycles. The van der Waals surface area contributed by atoms with Crippen molar-refractivity contribution in [3.05, 3.63) is 34.2 Å². The number of hydrogen-bond acceptors (Lipinski definition) is 3. The van der Waals surface area contributed by atoms with Gasteiger partial charge in [-0.2, -0.15) is 0 Å². The van der Waals surface area contributed by atoms with Gasteiger partial charge in [-0.05, 0) is 23.4 Å². The van der Waals surface area contributed by atoms with Crippen LogP contribution < -0.4 is 0 Å². The molecule has 0 radical (unpaired) electrons. The highest BCUT2D eigenvalue weighted by Crippen LogP contribution is 2.33. The molecular weight excluding hydrogens is 240 g/mol. The van der Waals surface area contributed by atoms with Crippen molar-refractivity contribution in [2.45, 2.75) is 13.3 Å². The third-order valence-corrected chi connectivity index (χ3v) is 3.95. The Morgan fingerprint density at radius 1 is 1.29 bits per heavy atom. The first-order valence-corrected chi connectivity index (χ1v) is 5.78. The van der Waals surface area contributed by atoms with Gasteiger partial charge in [-0.15, -0.1) is 11.3 Å². The average molecular weight is 250 g/mol. The van der Waals surface area contributed by atoms with Gasteiger partial charge in [0.25, 0.3) is 0 Å². The molecule has 2 rings (SSSR count). The first-order valence-electron chi connectivity index (χ1n) is 4.96. The molecule has 0 fully saturated rings. The van der Waals surface area contributed by atoms with Gasteiger partial charge in [-0.3, -0.25) is 4.79 Å². The smallest absolute Gasteiger partial charge is 0.346 e. The second-order valence-electron chi connectivity index (χ2n) is 3.73. The molecule has 0 aliphatic heterocycles. The number of aliphatic carboxylic acids is 1. The molecule has 2 aromatic rings. The number of carboxylic acid groups (broad SMARTS) is 2. The molecule has 2 N–H and O–H groups in total. The van der Waals surface area contributed by atoms with E-state index < -0.39 is 11.9 Å². The van der Waals surface area contributed by atoms with Crippen molar-refractivity contribution >= 4 is 33.4 Å². The van der Waals surface area contributed by atoms with Crippen molar-refractivity contribution in [1.82, 2.24) is 0 Å². The number of aryl methyl sites for hydroxylation is 1. The number of carboxylic acids is 2. The van der Waals surface area contributed by atoms with Crippen LogP contribution in [0.5, 0.6) is 0 Å². The fourth-order valence-electron chi connectivity index (χ4n) is 1.81. The average Bonchev–Trinajstić information content (AvgIpc) is 2.57. The Kier molecular flexibility index (Phi) is 2.85. The summed E-state index contributed by atoms with van der Waals surface area (Å²) in [6.45, 7) is 1.74. The first kappa shape index (κ1) is 11.6. The van der Waals surface area contributed by atoms with Crippen LogP contribution in [0.25, 0.3) is 10.1 Å². The van der Waals surface area contributed by atoms with Gasteiger partial charge in [-0.25, -0.2) is 4.79 Å². The second-order valence-corrected chi connectivity index (χ2v) is 4.75. The van der Waals surface area contributed by atoms with Crippen LogP contribution in [0.15, 0.2) is 18.2 Å². The molecule has 0 unspecified atom stereocenters. The maximum absolute atomic E-state index is 11.0. The topological polar surface area (TPSA) is 74.6 Å². The molecule has 0 saturated carbocycles. The van der Waals surface area contributed by atoms with Crippen LogP contribution in [0.3, 0.4) is 0 Å². The highest BCUT2D eigenvalue weighted by molar-refractivity contribution is 7.21. The summed E-state index contributed by atoms with van der Waals surface area (Å²) in [4.78, 5) is 22.0. The summed E-state index contributed by atoms with van der Waals surface area (Å²) in [6, 6.07) is 5.29. The van der Waals surface area contributed by atoms with Crippen molar-refractivity contribution in [3.63, 3.8) is 0 Å². The fraction of sp³-hybridized carbons (Fsp3) is 0.167. The van der Waals surface area contributed by atoms with Crippen molar-refractivity contribution in [1.29, 1.82) is 0 Å². The number of hydrogen-bond donors (Lipinski definition) is 2. The van der Waals surface area contributed by atoms with Crippen LogP contribution in [0, 0.1) is 6.92 Å². The minimum Gasteiger partial charge on any atom is -0.481 e. The zero-order chi connectivity index (χ0) is 12.6. The molecule has 88 valence electrons. The zero-order valence-electron chi connectivity index (χ0n) is 9.06. The molecule has 0 amide bonds. The van der Waals surface area contributed by atoms with Crippen LogP contribution in [0.1, 0.15) is 20.8 Å². The third kappa shape index (κ3) is 2.01. The number of thiophene rings is 1. The zero-order valence-corrected chi connectivity index (χ0v) is 9.87. The van der Waals surface area contributed by atoms with Gasteiger partial charge in [0, 0.05) is 4.70 Å². The van der Waals surface area contributed by atoms with E-state index in [1.165, 1.54) is 0 Å². The Morgan fingerprint density at radius 2 is 2.00 bits per heavy atom. The monoisotopic (exact) mass is 250 g/mol. The van der Waals surface area contributed by atoms with E-state index in [4.69, 9.17) is 10.2 Å². The number of rotatable bonds is 3. The summed E-state index contributed by atoms with van der Waals surface area (Å²) in [7, 11) is 0. The van der Waals surface area contributed by atoms with E-state index in [-0.39, 0.29) is 11.3 Å². The molecule has 5 heteroatoms. The van der Waals surface area contributed by atoms with Gasteiger partial charge in [0.1, 0.15) is 4.88 Å². The van der Waals surface area contributed by atoms with E-state index in [2.05, 4.69) is 0 Å². The highest BCUT2D eigenvalue weighted by atomic mass is 32.1. The van der Waals surface area contributed by atoms with E-state index in [9.17, 15) is 9.59 Å². The van der Waals surface area contributed by atoms with Crippen molar-refractivity contribution in [2.75, 3.05) is 0 Å². The van der Waals surface area contributed by atoms with E-state index in [0.29, 0.717) is 11.1 Å². The van der Waals surface area contributed by atoms with E-state index in [0.717, 1.165) is 21.4 Å². The fourth-order valence-corrected chi connectivity index (χ4v) is 2.96. The quantitative estimate of drug-likeness (QED) is 0.877. The molecule has 17 heavy (non-hydrogen) atoms. The summed E-state index contributed by atoms with van der Waals surface area (Å²) in [6.07, 6.45) is -0.0870. The van der Waals surface area contributed by atoms with Crippen molar-refractivity contribution < 1.29 is 19.8 Å². The molecule has 4 nitrogen and oxygen atoms in total. The summed E-state index contributed by atoms with van der Waals surface area (Å²) < 4.78 is 0.754. The summed E-state index contributed by atoms with van der Waals surface area (Å²) in [5, 5.41) is 18.7. The molecule has 0 saturated heterocycles. The van der Waals surface area contributed by atoms with Crippen LogP contribution in [-0.4, -0.2) is 22.2 Å². The van der Waals surface area contributed by atoms with Crippen LogP contribution in [-0.2, 0) is 11.2 Å². The normalized spacial score (nSPS) is 10.6. The third-order valence-electron chi connectivity index (χ3n) is 2.58. The summed E-state index contributed by atoms with van der Waals surface area (Å²) in [5.74, 6) is -1.88. The van der Waals surface area contributed by atoms with Gasteiger partial charge >= 0.3 is 11.9 Å². The Bertz CT molecular complexity index is 612. The SMILES string of the molecule is Cc1c(C(=O)O)sc2c(CC(=O)O)cccc12. The van der Waals surface area contributed by atoms with E-state index in [1.807, 2.05) is 6.07 Å². The number of fused-ring (bicyclic) bond motifs is 1. The minimum atomic E-state index is -0.968. The van der Waals surface area contributed by atoms with Gasteiger partial charge in [-0.1, -0.05) is 18.2 Å². The molecule has 0 spiro atoms. The molecule has 0 bridgehead atoms. The summed E-state index contributed by atoms with van der Waals surface area (Å²) >= 11 is 1.14. The Labute approximate surface area is 101 Å². The predicted molar refractivity (Wildman–Crippen MR) is 64.9 cm³/mol. The molecule has 1 aromatic carbocycles. The lowest BCUT2D eigenvalue weighted by Gasteiger charge is -1.98. The van der Waals surface area contributed by atoms with E-state index in [1.54, 1.807) is 19.1 Å². The second kappa shape index (κ2) is 4.18. The van der Waals surface area contributed by atoms with Crippen LogP contribution in [0.2, 0.25) is 0 Å². The molecule has 1 heterocycles. The van der Waals surface area contributed by atoms with Gasteiger partial charge < -0.3 is 10.2 Å². The van der Waals surface area contributed by atoms with Crippen molar-refractivity contribution in [3.8, 4) is 0 Å². The van der Waals surface area contributed by atoms with Gasteiger partial charge in [0.15, 0.2) is 0 Å². The first-order chi connectivity index (χ1) is 8.00. The lowest BCUT2D eigenvalue weighted by Crippen LogP contribution is -1.99. The van der Waals surface area contributed by atoms with Gasteiger partial charge in [0.2, 0.25) is 0 Å². The molecular formula is C12H10O4S. The van der Waals surface area contributed by atoms with E-state index >= 15 is 0 Å². The van der Waals surface area contributed by atoms with Crippen molar-refractivity contribution in [2.24, 2.45) is 0 Å².